The fraction of sp³-hybridized carbons (Fsp3) is 0.625. The normalized spacial score (nSPS) is 21.2. The summed E-state index contributed by atoms with van der Waals surface area (Å²) < 4.78 is 27.2. The Morgan fingerprint density at radius 1 is 1.33 bits per heavy atom. The molecule has 0 radical (unpaired) electrons. The summed E-state index contributed by atoms with van der Waals surface area (Å²) in [6.07, 6.45) is 2.85. The summed E-state index contributed by atoms with van der Waals surface area (Å²) in [6, 6.07) is 2.98. The van der Waals surface area contributed by atoms with Crippen molar-refractivity contribution in [3.05, 3.63) is 33.7 Å². The van der Waals surface area contributed by atoms with Crippen LogP contribution in [-0.4, -0.2) is 49.2 Å². The van der Waals surface area contributed by atoms with Gasteiger partial charge in [-0.2, -0.15) is 0 Å². The fourth-order valence-electron chi connectivity index (χ4n) is 3.17. The molecule has 0 bridgehead atoms. The molecular formula is C16H25N3O4S. The van der Waals surface area contributed by atoms with Gasteiger partial charge in [0.1, 0.15) is 5.56 Å². The van der Waals surface area contributed by atoms with Gasteiger partial charge >= 0.3 is 0 Å². The van der Waals surface area contributed by atoms with Gasteiger partial charge in [-0.1, -0.05) is 13.3 Å². The van der Waals surface area contributed by atoms with Crippen LogP contribution in [0.2, 0.25) is 0 Å². The van der Waals surface area contributed by atoms with Crippen LogP contribution in [0.25, 0.3) is 0 Å². The summed E-state index contributed by atoms with van der Waals surface area (Å²) in [5.41, 5.74) is 0.573. The lowest BCUT2D eigenvalue weighted by Crippen LogP contribution is -2.41. The van der Waals surface area contributed by atoms with Gasteiger partial charge in [0.15, 0.2) is 0 Å². The second-order valence-corrected chi connectivity index (χ2v) is 8.29. The molecular weight excluding hydrogens is 330 g/mol. The molecule has 2 heterocycles. The second-order valence-electron chi connectivity index (χ2n) is 6.51. The molecule has 1 aliphatic heterocycles. The third-order valence-corrected chi connectivity index (χ3v) is 5.27. The monoisotopic (exact) mass is 355 g/mol. The number of carbonyl (C=O) groups excluding carboxylic acids is 1. The van der Waals surface area contributed by atoms with Crippen molar-refractivity contribution in [2.24, 2.45) is 13.0 Å². The molecule has 2 rings (SSSR count). The third-order valence-electron chi connectivity index (χ3n) is 4.54. The number of rotatable bonds is 5. The highest BCUT2D eigenvalue weighted by Crippen LogP contribution is 2.23. The Hall–Kier alpha value is -1.67. The summed E-state index contributed by atoms with van der Waals surface area (Å²) in [4.78, 5) is 26.6. The zero-order valence-electron chi connectivity index (χ0n) is 14.6. The van der Waals surface area contributed by atoms with E-state index >= 15 is 0 Å². The Bertz CT molecular complexity index is 785. The number of carbonyl (C=O) groups is 1. The van der Waals surface area contributed by atoms with Crippen molar-refractivity contribution in [2.45, 2.75) is 32.7 Å². The Morgan fingerprint density at radius 3 is 2.58 bits per heavy atom. The third kappa shape index (κ3) is 4.05. The maximum Gasteiger partial charge on any atom is 0.263 e. The van der Waals surface area contributed by atoms with E-state index in [1.807, 2.05) is 6.92 Å². The number of aryl methyl sites for hydroxylation is 1. The van der Waals surface area contributed by atoms with Crippen molar-refractivity contribution in [1.29, 1.82) is 0 Å². The first kappa shape index (κ1) is 18.7. The zero-order valence-corrected chi connectivity index (χ0v) is 15.4. The number of hydrogen-bond acceptors (Lipinski definition) is 4. The predicted molar refractivity (Wildman–Crippen MR) is 92.5 cm³/mol. The average Bonchev–Trinajstić information content (AvgIpc) is 2.86. The molecule has 1 aromatic heterocycles. The fourth-order valence-corrected chi connectivity index (χ4v) is 3.99. The standard InChI is InChI=1S/C16H25N3O4S/c1-5-6-12-9-19(10-14(12)17-24(4,22)23)16(21)13-8-7-11(2)18(3)15(13)20/h7-8,12,14,17H,5-6,9-10H2,1-4H3/t12-,14-/m1/s1. The highest BCUT2D eigenvalue weighted by Gasteiger charge is 2.37. The van der Waals surface area contributed by atoms with E-state index in [-0.39, 0.29) is 35.5 Å². The Kier molecular flexibility index (Phi) is 5.49. The van der Waals surface area contributed by atoms with Crippen LogP contribution in [-0.2, 0) is 17.1 Å². The minimum Gasteiger partial charge on any atom is -0.337 e. The van der Waals surface area contributed by atoms with Crippen LogP contribution in [0, 0.1) is 12.8 Å². The first-order valence-corrected chi connectivity index (χ1v) is 9.96. The van der Waals surface area contributed by atoms with Crippen molar-refractivity contribution < 1.29 is 13.2 Å². The van der Waals surface area contributed by atoms with E-state index in [0.29, 0.717) is 6.54 Å². The summed E-state index contributed by atoms with van der Waals surface area (Å²) >= 11 is 0. The maximum atomic E-state index is 12.7. The molecule has 24 heavy (non-hydrogen) atoms. The number of nitrogens with one attached hydrogen (secondary N) is 1. The molecule has 0 aromatic carbocycles. The van der Waals surface area contributed by atoms with Gasteiger partial charge in [-0.05, 0) is 31.4 Å². The zero-order chi connectivity index (χ0) is 18.1. The van der Waals surface area contributed by atoms with Crippen LogP contribution in [0.3, 0.4) is 0 Å². The largest absolute Gasteiger partial charge is 0.337 e. The lowest BCUT2D eigenvalue weighted by atomic mass is 9.99. The highest BCUT2D eigenvalue weighted by atomic mass is 32.2. The first-order valence-electron chi connectivity index (χ1n) is 8.07. The van der Waals surface area contributed by atoms with Crippen LogP contribution in [0.4, 0.5) is 0 Å². The molecule has 7 nitrogen and oxygen atoms in total. The number of nitrogens with zero attached hydrogens (tertiary/aromatic N) is 2. The summed E-state index contributed by atoms with van der Waals surface area (Å²) in [6.45, 7) is 4.57. The highest BCUT2D eigenvalue weighted by molar-refractivity contribution is 7.88. The SMILES string of the molecule is CCC[C@@H]1CN(C(=O)c2ccc(C)n(C)c2=O)C[C@H]1NS(C)(=O)=O. The predicted octanol–water partition coefficient (Wildman–Crippen LogP) is 0.484. The molecule has 1 saturated heterocycles. The smallest absolute Gasteiger partial charge is 0.263 e. The second kappa shape index (κ2) is 7.06. The van der Waals surface area contributed by atoms with E-state index in [9.17, 15) is 18.0 Å². The van der Waals surface area contributed by atoms with Crippen LogP contribution < -0.4 is 10.3 Å². The van der Waals surface area contributed by atoms with E-state index in [2.05, 4.69) is 4.72 Å². The van der Waals surface area contributed by atoms with E-state index in [4.69, 9.17) is 0 Å². The minimum absolute atomic E-state index is 0.0583. The van der Waals surface area contributed by atoms with E-state index in [0.717, 1.165) is 24.8 Å². The first-order chi connectivity index (χ1) is 11.1. The van der Waals surface area contributed by atoms with Crippen molar-refractivity contribution in [3.8, 4) is 0 Å². The quantitative estimate of drug-likeness (QED) is 0.832. The number of hydrogen-bond donors (Lipinski definition) is 1. The molecule has 1 N–H and O–H groups in total. The number of likely N-dealkylation sites (tertiary alicyclic amines) is 1. The van der Waals surface area contributed by atoms with E-state index in [1.54, 1.807) is 31.0 Å². The molecule has 1 amide bonds. The number of sulfonamides is 1. The Balaban J connectivity index is 2.25. The molecule has 1 aromatic rings. The van der Waals surface area contributed by atoms with Gasteiger partial charge in [-0.25, -0.2) is 13.1 Å². The van der Waals surface area contributed by atoms with Gasteiger partial charge in [-0.3, -0.25) is 9.59 Å². The van der Waals surface area contributed by atoms with Crippen molar-refractivity contribution in [2.75, 3.05) is 19.3 Å². The summed E-state index contributed by atoms with van der Waals surface area (Å²) in [7, 11) is -1.72. The van der Waals surface area contributed by atoms with Crippen LogP contribution >= 0.6 is 0 Å². The van der Waals surface area contributed by atoms with Crippen LogP contribution in [0.5, 0.6) is 0 Å². The van der Waals surface area contributed by atoms with E-state index in [1.165, 1.54) is 4.57 Å². The topological polar surface area (TPSA) is 88.5 Å². The van der Waals surface area contributed by atoms with Gasteiger partial charge in [-0.15, -0.1) is 0 Å². The molecule has 0 unspecified atom stereocenters. The van der Waals surface area contributed by atoms with Crippen LogP contribution in [0.1, 0.15) is 35.8 Å². The summed E-state index contributed by atoms with van der Waals surface area (Å²) in [5.74, 6) is -0.280. The Morgan fingerprint density at radius 2 is 2.00 bits per heavy atom. The van der Waals surface area contributed by atoms with Crippen molar-refractivity contribution in [3.63, 3.8) is 0 Å². The maximum absolute atomic E-state index is 12.7. The van der Waals surface area contributed by atoms with Crippen molar-refractivity contribution >= 4 is 15.9 Å². The lowest BCUT2D eigenvalue weighted by molar-refractivity contribution is 0.0782. The molecule has 134 valence electrons. The Labute approximate surface area is 142 Å². The summed E-state index contributed by atoms with van der Waals surface area (Å²) in [5, 5.41) is 0. The van der Waals surface area contributed by atoms with Gasteiger partial charge in [0, 0.05) is 31.9 Å². The van der Waals surface area contributed by atoms with E-state index < -0.39 is 10.0 Å². The van der Waals surface area contributed by atoms with Crippen molar-refractivity contribution in [1.82, 2.24) is 14.2 Å². The molecule has 0 aliphatic carbocycles. The number of pyridine rings is 1. The lowest BCUT2D eigenvalue weighted by Gasteiger charge is -2.17. The number of amides is 1. The number of aromatic nitrogens is 1. The minimum atomic E-state index is -3.35. The average molecular weight is 355 g/mol. The molecule has 1 fully saturated rings. The molecule has 1 aliphatic rings. The van der Waals surface area contributed by atoms with Gasteiger partial charge in [0.25, 0.3) is 11.5 Å². The van der Waals surface area contributed by atoms with Gasteiger partial charge in [0.05, 0.1) is 6.26 Å². The molecule has 0 spiro atoms. The molecule has 0 saturated carbocycles. The van der Waals surface area contributed by atoms with Gasteiger partial charge in [0.2, 0.25) is 10.0 Å². The van der Waals surface area contributed by atoms with Crippen LogP contribution in [0.15, 0.2) is 16.9 Å². The van der Waals surface area contributed by atoms with Gasteiger partial charge < -0.3 is 9.47 Å². The molecule has 2 atom stereocenters. The molecule has 8 heteroatoms.